The van der Waals surface area contributed by atoms with Crippen molar-refractivity contribution in [2.45, 2.75) is 24.2 Å². The predicted molar refractivity (Wildman–Crippen MR) is 66.5 cm³/mol. The number of hydrogen-bond acceptors (Lipinski definition) is 4. The summed E-state index contributed by atoms with van der Waals surface area (Å²) in [5.41, 5.74) is 0.198. The van der Waals surface area contributed by atoms with Gasteiger partial charge < -0.3 is 5.11 Å². The molecular formula is C10H12F3NO4S2. The fraction of sp³-hybridized carbons (Fsp3) is 0.500. The lowest BCUT2D eigenvalue weighted by Gasteiger charge is -2.20. The minimum absolute atomic E-state index is 0.198. The predicted octanol–water partition coefficient (Wildman–Crippen LogP) is 2.33. The van der Waals surface area contributed by atoms with Crippen LogP contribution in [-0.4, -0.2) is 43.1 Å². The number of nitrogens with zero attached hydrogens (tertiary/aromatic N) is 1. The highest BCUT2D eigenvalue weighted by Crippen LogP contribution is 2.30. The molecule has 0 aliphatic rings. The molecule has 114 valence electrons. The summed E-state index contributed by atoms with van der Waals surface area (Å²) in [4.78, 5) is 10.7. The Morgan fingerprint density at radius 2 is 2.00 bits per heavy atom. The normalized spacial score (nSPS) is 12.9. The Balaban J connectivity index is 3.21. The van der Waals surface area contributed by atoms with E-state index in [0.717, 1.165) is 6.07 Å². The van der Waals surface area contributed by atoms with Crippen LogP contribution in [0.3, 0.4) is 0 Å². The summed E-state index contributed by atoms with van der Waals surface area (Å²) < 4.78 is 61.1. The summed E-state index contributed by atoms with van der Waals surface area (Å²) in [5.74, 6) is -1.31. The molecule has 1 aromatic rings. The second-order valence-electron chi connectivity index (χ2n) is 3.93. The van der Waals surface area contributed by atoms with Gasteiger partial charge in [-0.05, 0) is 18.6 Å². The van der Waals surface area contributed by atoms with E-state index in [1.807, 2.05) is 0 Å². The monoisotopic (exact) mass is 331 g/mol. The first-order valence-electron chi connectivity index (χ1n) is 5.39. The zero-order valence-corrected chi connectivity index (χ0v) is 12.2. The fourth-order valence-electron chi connectivity index (χ4n) is 1.49. The number of carboxylic acids is 1. The zero-order chi connectivity index (χ0) is 15.7. The lowest BCUT2D eigenvalue weighted by Crippen LogP contribution is -2.38. The molecule has 1 rings (SSSR count). The average Bonchev–Trinajstić information content (AvgIpc) is 2.67. The number of hydrogen-bond donors (Lipinski definition) is 1. The number of aryl methyl sites for hydroxylation is 1. The summed E-state index contributed by atoms with van der Waals surface area (Å²) >= 11 is 0.448. The lowest BCUT2D eigenvalue weighted by molar-refractivity contribution is -0.135. The molecule has 10 heteroatoms. The number of alkyl halides is 3. The number of aromatic carboxylic acids is 1. The quantitative estimate of drug-likeness (QED) is 0.898. The van der Waals surface area contributed by atoms with Crippen molar-refractivity contribution < 1.29 is 31.5 Å². The Bertz CT molecular complexity index is 607. The van der Waals surface area contributed by atoms with E-state index in [2.05, 4.69) is 0 Å². The fourth-order valence-corrected chi connectivity index (χ4v) is 4.45. The number of sulfonamides is 1. The highest BCUT2D eigenvalue weighted by Gasteiger charge is 2.37. The van der Waals surface area contributed by atoms with Gasteiger partial charge in [0.15, 0.2) is 0 Å². The van der Waals surface area contributed by atoms with Crippen LogP contribution in [0.4, 0.5) is 13.2 Å². The van der Waals surface area contributed by atoms with E-state index in [9.17, 15) is 26.4 Å². The van der Waals surface area contributed by atoms with Gasteiger partial charge in [0.05, 0.1) is 0 Å². The molecule has 0 amide bonds. The van der Waals surface area contributed by atoms with Crippen molar-refractivity contribution in [1.29, 1.82) is 0 Å². The molecule has 0 aliphatic heterocycles. The van der Waals surface area contributed by atoms with Crippen LogP contribution in [0.1, 0.15) is 22.2 Å². The topological polar surface area (TPSA) is 74.7 Å². The Labute approximate surface area is 117 Å². The molecule has 0 aromatic carbocycles. The van der Waals surface area contributed by atoms with Crippen LogP contribution in [0.5, 0.6) is 0 Å². The molecule has 1 N–H and O–H groups in total. The van der Waals surface area contributed by atoms with E-state index < -0.39 is 32.9 Å². The molecule has 0 unspecified atom stereocenters. The van der Waals surface area contributed by atoms with E-state index in [0.29, 0.717) is 11.3 Å². The standard InChI is InChI=1S/C10H12F3NO4S2/c1-3-14(5-10(11,12)13)20(17,18)7-4-6(2)8(19-7)9(15)16/h4H,3,5H2,1-2H3,(H,15,16). The molecule has 0 radical (unpaired) electrons. The van der Waals surface area contributed by atoms with Crippen LogP contribution >= 0.6 is 11.3 Å². The second kappa shape index (κ2) is 5.70. The smallest absolute Gasteiger partial charge is 0.402 e. The van der Waals surface area contributed by atoms with Crippen molar-refractivity contribution in [3.63, 3.8) is 0 Å². The number of thiophene rings is 1. The van der Waals surface area contributed by atoms with Gasteiger partial charge in [0.25, 0.3) is 10.0 Å². The Morgan fingerprint density at radius 3 is 2.35 bits per heavy atom. The zero-order valence-electron chi connectivity index (χ0n) is 10.6. The van der Waals surface area contributed by atoms with Crippen LogP contribution < -0.4 is 0 Å². The van der Waals surface area contributed by atoms with Gasteiger partial charge in [-0.15, -0.1) is 11.3 Å². The molecule has 5 nitrogen and oxygen atoms in total. The molecular weight excluding hydrogens is 319 g/mol. The van der Waals surface area contributed by atoms with E-state index in [-0.39, 0.29) is 21.3 Å². The third-order valence-corrected chi connectivity index (χ3v) is 5.99. The van der Waals surface area contributed by atoms with Crippen LogP contribution in [0.15, 0.2) is 10.3 Å². The minimum atomic E-state index is -4.66. The van der Waals surface area contributed by atoms with Crippen molar-refractivity contribution in [2.75, 3.05) is 13.1 Å². The van der Waals surface area contributed by atoms with Crippen molar-refractivity contribution in [3.8, 4) is 0 Å². The number of rotatable bonds is 5. The average molecular weight is 331 g/mol. The van der Waals surface area contributed by atoms with Gasteiger partial charge in [-0.1, -0.05) is 6.92 Å². The Kier molecular flexibility index (Phi) is 4.82. The summed E-state index contributed by atoms with van der Waals surface area (Å²) in [5, 5.41) is 8.85. The van der Waals surface area contributed by atoms with Gasteiger partial charge in [0, 0.05) is 6.54 Å². The van der Waals surface area contributed by atoms with Gasteiger partial charge in [0.1, 0.15) is 15.6 Å². The maximum atomic E-state index is 12.4. The first-order valence-corrected chi connectivity index (χ1v) is 7.65. The minimum Gasteiger partial charge on any atom is -0.477 e. The van der Waals surface area contributed by atoms with Crippen LogP contribution in [0.25, 0.3) is 0 Å². The van der Waals surface area contributed by atoms with Crippen LogP contribution in [-0.2, 0) is 10.0 Å². The van der Waals surface area contributed by atoms with E-state index in [1.165, 1.54) is 13.8 Å². The van der Waals surface area contributed by atoms with Crippen LogP contribution in [0, 0.1) is 6.92 Å². The van der Waals surface area contributed by atoms with E-state index in [1.54, 1.807) is 0 Å². The molecule has 0 fully saturated rings. The summed E-state index contributed by atoms with van der Waals surface area (Å²) in [7, 11) is -4.35. The molecule has 0 saturated heterocycles. The molecule has 0 bridgehead atoms. The van der Waals surface area contributed by atoms with Gasteiger partial charge in [-0.25, -0.2) is 13.2 Å². The van der Waals surface area contributed by atoms with Crippen LogP contribution in [0.2, 0.25) is 0 Å². The first-order chi connectivity index (χ1) is 8.99. The van der Waals surface area contributed by atoms with Gasteiger partial charge >= 0.3 is 12.1 Å². The lowest BCUT2D eigenvalue weighted by atomic mass is 10.3. The molecule has 1 aromatic heterocycles. The molecule has 0 spiro atoms. The number of carbonyl (C=O) groups is 1. The molecule has 0 saturated carbocycles. The van der Waals surface area contributed by atoms with Crippen molar-refractivity contribution in [1.82, 2.24) is 4.31 Å². The Morgan fingerprint density at radius 1 is 1.45 bits per heavy atom. The van der Waals surface area contributed by atoms with Gasteiger partial charge in [0.2, 0.25) is 0 Å². The van der Waals surface area contributed by atoms with Crippen molar-refractivity contribution in [3.05, 3.63) is 16.5 Å². The molecule has 20 heavy (non-hydrogen) atoms. The van der Waals surface area contributed by atoms with Crippen molar-refractivity contribution >= 4 is 27.3 Å². The summed E-state index contributed by atoms with van der Waals surface area (Å²) in [6.45, 7) is 0.702. The maximum absolute atomic E-state index is 12.4. The second-order valence-corrected chi connectivity index (χ2v) is 7.15. The first kappa shape index (κ1) is 16.9. The Hall–Kier alpha value is -1.13. The van der Waals surface area contributed by atoms with Gasteiger partial charge in [-0.3, -0.25) is 0 Å². The largest absolute Gasteiger partial charge is 0.477 e. The number of halogens is 3. The third kappa shape index (κ3) is 3.70. The SMILES string of the molecule is CCN(CC(F)(F)F)S(=O)(=O)c1cc(C)c(C(=O)O)s1. The molecule has 0 aliphatic carbocycles. The van der Waals surface area contributed by atoms with Gasteiger partial charge in [-0.2, -0.15) is 17.5 Å². The molecule has 1 heterocycles. The van der Waals surface area contributed by atoms with E-state index in [4.69, 9.17) is 5.11 Å². The molecule has 0 atom stereocenters. The third-order valence-electron chi connectivity index (χ3n) is 2.39. The maximum Gasteiger partial charge on any atom is 0.402 e. The number of carboxylic acid groups (broad SMARTS) is 1. The highest BCUT2D eigenvalue weighted by atomic mass is 32.2. The van der Waals surface area contributed by atoms with E-state index >= 15 is 0 Å². The summed E-state index contributed by atoms with van der Waals surface area (Å²) in [6.07, 6.45) is -4.66. The highest BCUT2D eigenvalue weighted by molar-refractivity contribution is 7.91. The summed E-state index contributed by atoms with van der Waals surface area (Å²) in [6, 6.07) is 1.07. The van der Waals surface area contributed by atoms with Crippen molar-refractivity contribution in [2.24, 2.45) is 0 Å².